The van der Waals surface area contributed by atoms with Crippen molar-refractivity contribution >= 4 is 92.1 Å². The third kappa shape index (κ3) is 5.00. The molecule has 0 unspecified atom stereocenters. The van der Waals surface area contributed by atoms with E-state index in [1.807, 2.05) is 11.3 Å². The molecule has 10 aromatic rings. The Balaban J connectivity index is 1.11. The van der Waals surface area contributed by atoms with Gasteiger partial charge in [0.05, 0.1) is 21.4 Å². The van der Waals surface area contributed by atoms with Crippen LogP contribution >= 0.6 is 11.3 Å². The Kier molecular flexibility index (Phi) is 7.27. The molecule has 1 aliphatic carbocycles. The maximum Gasteiger partial charge on any atom is 0.0640 e. The lowest BCUT2D eigenvalue weighted by atomic mass is 9.98. The van der Waals surface area contributed by atoms with Crippen LogP contribution in [0.1, 0.15) is 24.8 Å². The van der Waals surface area contributed by atoms with Gasteiger partial charge in [0.1, 0.15) is 0 Å². The van der Waals surface area contributed by atoms with Crippen molar-refractivity contribution in [3.05, 3.63) is 188 Å². The van der Waals surface area contributed by atoms with Gasteiger partial charge in [-0.05, 0) is 101 Å². The topological polar surface area (TPSA) is 7.65 Å². The van der Waals surface area contributed by atoms with Crippen LogP contribution in [0.3, 0.4) is 0 Å². The van der Waals surface area contributed by atoms with E-state index in [1.165, 1.54) is 92.5 Å². The standard InChI is InChI=1S/C51H36N2S/c1-2-4-15-36(14-3-1)50-45-19-7-9-22-46(45)52-33-38-31-40(30-27-37(38)32-48(50)52)53(47-23-12-21-44-43-18-8-10-24-49(43)54-51(44)47)39-28-25-35(26-29-39)42-20-11-16-34-13-5-6-17-41(34)42/h3,5-33H,1-2,4H2. The normalized spacial score (nSPS) is 13.4. The number of hydrogen-bond donors (Lipinski definition) is 0. The molecule has 0 atom stereocenters. The number of nitrogens with zero attached hydrogens (tertiary/aromatic N) is 2. The van der Waals surface area contributed by atoms with E-state index in [1.54, 1.807) is 0 Å². The van der Waals surface area contributed by atoms with Gasteiger partial charge in [0.2, 0.25) is 0 Å². The van der Waals surface area contributed by atoms with Crippen molar-refractivity contribution in [2.75, 3.05) is 4.90 Å². The Hall–Kier alpha value is -6.42. The minimum absolute atomic E-state index is 1.11. The van der Waals surface area contributed by atoms with Crippen molar-refractivity contribution < 1.29 is 0 Å². The summed E-state index contributed by atoms with van der Waals surface area (Å²) in [6, 6.07) is 58.2. The monoisotopic (exact) mass is 708 g/mol. The van der Waals surface area contributed by atoms with Gasteiger partial charge in [-0.3, -0.25) is 0 Å². The fourth-order valence-corrected chi connectivity index (χ4v) is 9.86. The quantitative estimate of drug-likeness (QED) is 0.173. The lowest BCUT2D eigenvalue weighted by molar-refractivity contribution is 0.876. The third-order valence-corrected chi connectivity index (χ3v) is 12.4. The van der Waals surface area contributed by atoms with Gasteiger partial charge in [-0.2, -0.15) is 0 Å². The zero-order valence-corrected chi connectivity index (χ0v) is 30.6. The molecule has 0 saturated heterocycles. The van der Waals surface area contributed by atoms with Gasteiger partial charge in [-0.1, -0.05) is 127 Å². The third-order valence-electron chi connectivity index (χ3n) is 11.2. The van der Waals surface area contributed by atoms with Gasteiger partial charge in [-0.15, -0.1) is 11.3 Å². The van der Waals surface area contributed by atoms with E-state index < -0.39 is 0 Å². The molecular weight excluding hydrogens is 673 g/mol. The zero-order valence-electron chi connectivity index (χ0n) is 29.7. The first-order chi connectivity index (χ1) is 26.8. The largest absolute Gasteiger partial charge is 0.315 e. The summed E-state index contributed by atoms with van der Waals surface area (Å²) in [7, 11) is 0. The van der Waals surface area contributed by atoms with Crippen molar-refractivity contribution in [2.24, 2.45) is 0 Å². The predicted molar refractivity (Wildman–Crippen MR) is 234 cm³/mol. The average molecular weight is 709 g/mol. The van der Waals surface area contributed by atoms with Gasteiger partial charge < -0.3 is 9.30 Å². The molecule has 0 spiro atoms. The summed E-state index contributed by atoms with van der Waals surface area (Å²) in [6.45, 7) is 0. The van der Waals surface area contributed by atoms with Crippen LogP contribution in [-0.4, -0.2) is 4.40 Å². The average Bonchev–Trinajstić information content (AvgIpc) is 3.63. The Morgan fingerprint density at radius 2 is 1.30 bits per heavy atom. The maximum atomic E-state index is 2.45. The highest BCUT2D eigenvalue weighted by Gasteiger charge is 2.20. The van der Waals surface area contributed by atoms with Crippen LogP contribution in [0.5, 0.6) is 0 Å². The predicted octanol–water partition coefficient (Wildman–Crippen LogP) is 15.0. The van der Waals surface area contributed by atoms with Crippen LogP contribution in [-0.2, 0) is 0 Å². The summed E-state index contributed by atoms with van der Waals surface area (Å²) in [6.07, 6.45) is 12.9. The summed E-state index contributed by atoms with van der Waals surface area (Å²) in [5.41, 5.74) is 11.1. The first-order valence-electron chi connectivity index (χ1n) is 18.9. The highest BCUT2D eigenvalue weighted by molar-refractivity contribution is 7.26. The Bertz CT molecular complexity index is 3130. The van der Waals surface area contributed by atoms with Crippen molar-refractivity contribution in [1.29, 1.82) is 0 Å². The second-order valence-electron chi connectivity index (χ2n) is 14.4. The fourth-order valence-electron chi connectivity index (χ4n) is 8.66. The lowest BCUT2D eigenvalue weighted by Gasteiger charge is -2.27. The summed E-state index contributed by atoms with van der Waals surface area (Å²) >= 11 is 1.88. The van der Waals surface area contributed by atoms with Crippen molar-refractivity contribution in [1.82, 2.24) is 4.40 Å². The van der Waals surface area contributed by atoms with E-state index >= 15 is 0 Å². The smallest absolute Gasteiger partial charge is 0.0640 e. The van der Waals surface area contributed by atoms with Gasteiger partial charge in [0, 0.05) is 49.4 Å². The number of aromatic nitrogens is 1. The number of benzene rings is 7. The maximum absolute atomic E-state index is 2.45. The van der Waals surface area contributed by atoms with E-state index in [0.717, 1.165) is 24.2 Å². The molecule has 11 rings (SSSR count). The summed E-state index contributed by atoms with van der Waals surface area (Å²) in [5, 5.41) is 8.87. The number of thiophene rings is 1. The molecular formula is C51H36N2S. The van der Waals surface area contributed by atoms with E-state index in [4.69, 9.17) is 0 Å². The van der Waals surface area contributed by atoms with Gasteiger partial charge in [-0.25, -0.2) is 0 Å². The molecule has 3 heterocycles. The number of fused-ring (bicyclic) bond motifs is 8. The van der Waals surface area contributed by atoms with E-state index in [0.29, 0.717) is 0 Å². The zero-order chi connectivity index (χ0) is 35.6. The molecule has 0 saturated carbocycles. The molecule has 1 aliphatic rings. The first-order valence-corrected chi connectivity index (χ1v) is 19.7. The Labute approximate surface area is 318 Å². The minimum Gasteiger partial charge on any atom is -0.315 e. The van der Waals surface area contributed by atoms with Crippen LogP contribution in [0.4, 0.5) is 17.1 Å². The highest BCUT2D eigenvalue weighted by Crippen LogP contribution is 2.46. The van der Waals surface area contributed by atoms with Gasteiger partial charge in [0.15, 0.2) is 0 Å². The van der Waals surface area contributed by atoms with Crippen LogP contribution in [0.2, 0.25) is 0 Å². The molecule has 54 heavy (non-hydrogen) atoms. The second-order valence-corrected chi connectivity index (χ2v) is 15.4. The molecule has 3 heteroatoms. The lowest BCUT2D eigenvalue weighted by Crippen LogP contribution is -2.10. The van der Waals surface area contributed by atoms with Gasteiger partial charge in [0.25, 0.3) is 0 Å². The van der Waals surface area contributed by atoms with Crippen LogP contribution in [0, 0.1) is 0 Å². The van der Waals surface area contributed by atoms with Crippen LogP contribution in [0.25, 0.3) is 74.8 Å². The highest BCUT2D eigenvalue weighted by atomic mass is 32.1. The molecule has 0 radical (unpaired) electrons. The van der Waals surface area contributed by atoms with Crippen molar-refractivity contribution in [3.63, 3.8) is 0 Å². The second kappa shape index (κ2) is 12.6. The molecule has 0 amide bonds. The molecule has 3 aromatic heterocycles. The van der Waals surface area contributed by atoms with E-state index in [2.05, 4.69) is 191 Å². The van der Waals surface area contributed by atoms with Crippen LogP contribution in [0.15, 0.2) is 182 Å². The number of para-hydroxylation sites is 1. The van der Waals surface area contributed by atoms with Crippen molar-refractivity contribution in [2.45, 2.75) is 19.3 Å². The molecule has 0 fully saturated rings. The molecule has 2 nitrogen and oxygen atoms in total. The molecule has 0 bridgehead atoms. The molecule has 0 N–H and O–H groups in total. The van der Waals surface area contributed by atoms with Crippen LogP contribution < -0.4 is 4.90 Å². The summed E-state index contributed by atoms with van der Waals surface area (Å²) in [4.78, 5) is 2.45. The SMILES string of the molecule is C1=CC(c2c3ccccc3n3cc4cc(N(c5ccc(-c6cccc7ccccc67)cc5)c5cccc6c5sc5ccccc56)ccc4cc23)=CCCC1. The summed E-state index contributed by atoms with van der Waals surface area (Å²) in [5.74, 6) is 0. The minimum atomic E-state index is 1.11. The van der Waals surface area contributed by atoms with E-state index in [-0.39, 0.29) is 0 Å². The molecule has 7 aromatic carbocycles. The Morgan fingerprint density at radius 1 is 0.537 bits per heavy atom. The summed E-state index contributed by atoms with van der Waals surface area (Å²) < 4.78 is 5.01. The molecule has 256 valence electrons. The number of hydrogen-bond acceptors (Lipinski definition) is 2. The molecule has 0 aliphatic heterocycles. The van der Waals surface area contributed by atoms with E-state index in [9.17, 15) is 0 Å². The first kappa shape index (κ1) is 31.1. The van der Waals surface area contributed by atoms with Crippen molar-refractivity contribution in [3.8, 4) is 11.1 Å². The Morgan fingerprint density at radius 3 is 2.22 bits per heavy atom. The number of rotatable bonds is 5. The number of anilines is 3. The number of pyridine rings is 1. The van der Waals surface area contributed by atoms with Gasteiger partial charge >= 0.3 is 0 Å². The fraction of sp³-hybridized carbons (Fsp3) is 0.0588. The number of allylic oxidation sites excluding steroid dienone is 4.